The SMILES string of the molecule is CC(C)(CCc1ccccc1)NCc1ncccn1. The van der Waals surface area contributed by atoms with Crippen LogP contribution in [0.4, 0.5) is 0 Å². The molecule has 1 N–H and O–H groups in total. The monoisotopic (exact) mass is 255 g/mol. The summed E-state index contributed by atoms with van der Waals surface area (Å²) in [6.45, 7) is 5.15. The zero-order valence-corrected chi connectivity index (χ0v) is 11.6. The van der Waals surface area contributed by atoms with Gasteiger partial charge in [-0.15, -0.1) is 0 Å². The Kier molecular flexibility index (Phi) is 4.63. The topological polar surface area (TPSA) is 37.8 Å². The van der Waals surface area contributed by atoms with Crippen LogP contribution in [0.3, 0.4) is 0 Å². The van der Waals surface area contributed by atoms with Crippen molar-refractivity contribution in [3.05, 3.63) is 60.2 Å². The molecular weight excluding hydrogens is 234 g/mol. The fraction of sp³-hybridized carbons (Fsp3) is 0.375. The van der Waals surface area contributed by atoms with Crippen LogP contribution in [0.1, 0.15) is 31.7 Å². The van der Waals surface area contributed by atoms with Gasteiger partial charge in [0.15, 0.2) is 0 Å². The molecule has 0 atom stereocenters. The van der Waals surface area contributed by atoms with Crippen LogP contribution in [0.25, 0.3) is 0 Å². The molecule has 2 aromatic rings. The van der Waals surface area contributed by atoms with E-state index in [-0.39, 0.29) is 5.54 Å². The first-order chi connectivity index (χ1) is 9.16. The first kappa shape index (κ1) is 13.7. The molecule has 0 saturated heterocycles. The van der Waals surface area contributed by atoms with E-state index in [4.69, 9.17) is 0 Å². The third kappa shape index (κ3) is 4.79. The van der Waals surface area contributed by atoms with E-state index in [0.29, 0.717) is 6.54 Å². The average molecular weight is 255 g/mol. The lowest BCUT2D eigenvalue weighted by Crippen LogP contribution is -2.39. The number of rotatable bonds is 6. The number of hydrogen-bond donors (Lipinski definition) is 1. The molecule has 0 saturated carbocycles. The van der Waals surface area contributed by atoms with Crippen molar-refractivity contribution in [1.29, 1.82) is 0 Å². The van der Waals surface area contributed by atoms with E-state index in [9.17, 15) is 0 Å². The van der Waals surface area contributed by atoms with Gasteiger partial charge in [0.1, 0.15) is 5.82 Å². The minimum atomic E-state index is 0.0784. The van der Waals surface area contributed by atoms with Crippen LogP contribution >= 0.6 is 0 Å². The Hall–Kier alpha value is -1.74. The van der Waals surface area contributed by atoms with E-state index < -0.39 is 0 Å². The van der Waals surface area contributed by atoms with E-state index in [2.05, 4.69) is 59.5 Å². The zero-order chi connectivity index (χ0) is 13.6. The molecule has 3 heteroatoms. The fourth-order valence-electron chi connectivity index (χ4n) is 1.93. The summed E-state index contributed by atoms with van der Waals surface area (Å²) in [6, 6.07) is 12.4. The van der Waals surface area contributed by atoms with Crippen molar-refractivity contribution in [2.75, 3.05) is 0 Å². The van der Waals surface area contributed by atoms with Gasteiger partial charge in [0.05, 0.1) is 6.54 Å². The highest BCUT2D eigenvalue weighted by molar-refractivity contribution is 5.15. The molecule has 1 heterocycles. The number of benzene rings is 1. The Balaban J connectivity index is 1.82. The molecule has 0 unspecified atom stereocenters. The van der Waals surface area contributed by atoms with Gasteiger partial charge in [0.2, 0.25) is 0 Å². The molecular formula is C16H21N3. The summed E-state index contributed by atoms with van der Waals surface area (Å²) in [7, 11) is 0. The van der Waals surface area contributed by atoms with Crippen LogP contribution in [-0.2, 0) is 13.0 Å². The molecule has 19 heavy (non-hydrogen) atoms. The average Bonchev–Trinajstić information content (AvgIpc) is 2.46. The molecule has 1 aromatic heterocycles. The summed E-state index contributed by atoms with van der Waals surface area (Å²) in [6.07, 6.45) is 5.72. The summed E-state index contributed by atoms with van der Waals surface area (Å²) in [5, 5.41) is 3.52. The maximum Gasteiger partial charge on any atom is 0.141 e. The van der Waals surface area contributed by atoms with E-state index in [1.54, 1.807) is 12.4 Å². The van der Waals surface area contributed by atoms with Crippen LogP contribution < -0.4 is 5.32 Å². The first-order valence-corrected chi connectivity index (χ1v) is 6.71. The number of hydrogen-bond acceptors (Lipinski definition) is 3. The van der Waals surface area contributed by atoms with Crippen LogP contribution in [0.5, 0.6) is 0 Å². The highest BCUT2D eigenvalue weighted by Crippen LogP contribution is 2.13. The number of aromatic nitrogens is 2. The normalized spacial score (nSPS) is 11.5. The van der Waals surface area contributed by atoms with E-state index in [0.717, 1.165) is 18.7 Å². The van der Waals surface area contributed by atoms with Crippen LogP contribution in [0, 0.1) is 0 Å². The number of nitrogens with one attached hydrogen (secondary N) is 1. The molecule has 0 aliphatic heterocycles. The highest BCUT2D eigenvalue weighted by Gasteiger charge is 2.17. The molecule has 0 radical (unpaired) electrons. The fourth-order valence-corrected chi connectivity index (χ4v) is 1.93. The lowest BCUT2D eigenvalue weighted by Gasteiger charge is -2.26. The Bertz CT molecular complexity index is 434. The second-order valence-electron chi connectivity index (χ2n) is 5.39. The van der Waals surface area contributed by atoms with E-state index in [1.165, 1.54) is 5.56 Å². The smallest absolute Gasteiger partial charge is 0.141 e. The van der Waals surface area contributed by atoms with Crippen molar-refractivity contribution < 1.29 is 0 Å². The van der Waals surface area contributed by atoms with Gasteiger partial charge >= 0.3 is 0 Å². The Morgan fingerprint density at radius 2 is 1.68 bits per heavy atom. The van der Waals surface area contributed by atoms with Crippen molar-refractivity contribution in [1.82, 2.24) is 15.3 Å². The lowest BCUT2D eigenvalue weighted by atomic mass is 9.95. The lowest BCUT2D eigenvalue weighted by molar-refractivity contribution is 0.356. The van der Waals surface area contributed by atoms with E-state index >= 15 is 0 Å². The maximum absolute atomic E-state index is 4.23. The van der Waals surface area contributed by atoms with Gasteiger partial charge in [-0.25, -0.2) is 9.97 Å². The highest BCUT2D eigenvalue weighted by atomic mass is 15.0. The Morgan fingerprint density at radius 3 is 2.37 bits per heavy atom. The van der Waals surface area contributed by atoms with Gasteiger partial charge in [-0.1, -0.05) is 30.3 Å². The predicted octanol–water partition coefficient (Wildman–Crippen LogP) is 2.98. The zero-order valence-electron chi connectivity index (χ0n) is 11.6. The molecule has 3 nitrogen and oxygen atoms in total. The summed E-state index contributed by atoms with van der Waals surface area (Å²) in [5.74, 6) is 0.843. The molecule has 0 aliphatic carbocycles. The second kappa shape index (κ2) is 6.43. The largest absolute Gasteiger partial charge is 0.305 e. The first-order valence-electron chi connectivity index (χ1n) is 6.71. The van der Waals surface area contributed by atoms with Crippen LogP contribution in [0.2, 0.25) is 0 Å². The third-order valence-electron chi connectivity index (χ3n) is 3.23. The number of aryl methyl sites for hydroxylation is 1. The molecule has 0 aliphatic rings. The summed E-state index contributed by atoms with van der Waals surface area (Å²) >= 11 is 0. The van der Waals surface area contributed by atoms with Crippen molar-refractivity contribution in [3.8, 4) is 0 Å². The maximum atomic E-state index is 4.23. The van der Waals surface area contributed by atoms with Crippen LogP contribution in [0.15, 0.2) is 48.8 Å². The van der Waals surface area contributed by atoms with Crippen molar-refractivity contribution in [2.24, 2.45) is 0 Å². The Morgan fingerprint density at radius 1 is 1.00 bits per heavy atom. The van der Waals surface area contributed by atoms with Crippen molar-refractivity contribution in [2.45, 2.75) is 38.8 Å². The minimum absolute atomic E-state index is 0.0784. The third-order valence-corrected chi connectivity index (χ3v) is 3.23. The second-order valence-corrected chi connectivity index (χ2v) is 5.39. The molecule has 100 valence electrons. The van der Waals surface area contributed by atoms with Crippen molar-refractivity contribution in [3.63, 3.8) is 0 Å². The predicted molar refractivity (Wildman–Crippen MR) is 77.7 cm³/mol. The molecule has 0 amide bonds. The van der Waals surface area contributed by atoms with Crippen molar-refractivity contribution >= 4 is 0 Å². The summed E-state index contributed by atoms with van der Waals surface area (Å²) in [5.41, 5.74) is 1.46. The van der Waals surface area contributed by atoms with Gasteiger partial charge in [0, 0.05) is 17.9 Å². The number of nitrogens with zero attached hydrogens (tertiary/aromatic N) is 2. The Labute approximate surface area is 115 Å². The van der Waals surface area contributed by atoms with Gasteiger partial charge < -0.3 is 5.32 Å². The summed E-state index contributed by atoms with van der Waals surface area (Å²) in [4.78, 5) is 8.45. The summed E-state index contributed by atoms with van der Waals surface area (Å²) < 4.78 is 0. The molecule has 0 bridgehead atoms. The van der Waals surface area contributed by atoms with Gasteiger partial charge in [0.25, 0.3) is 0 Å². The molecule has 0 spiro atoms. The van der Waals surface area contributed by atoms with Crippen LogP contribution in [-0.4, -0.2) is 15.5 Å². The molecule has 0 fully saturated rings. The van der Waals surface area contributed by atoms with Gasteiger partial charge in [-0.05, 0) is 38.3 Å². The standard InChI is InChI=1S/C16H21N3/c1-16(2,10-9-14-7-4-3-5-8-14)19-13-15-17-11-6-12-18-15/h3-8,11-12,19H,9-10,13H2,1-2H3. The van der Waals surface area contributed by atoms with Gasteiger partial charge in [-0.3, -0.25) is 0 Å². The molecule has 1 aromatic carbocycles. The van der Waals surface area contributed by atoms with Gasteiger partial charge in [-0.2, -0.15) is 0 Å². The molecule has 2 rings (SSSR count). The quantitative estimate of drug-likeness (QED) is 0.862. The van der Waals surface area contributed by atoms with E-state index in [1.807, 2.05) is 6.07 Å². The minimum Gasteiger partial charge on any atom is -0.305 e.